The van der Waals surface area contributed by atoms with Gasteiger partial charge in [0.05, 0.1) is 0 Å². The molecule has 1 aliphatic carbocycles. The standard InChI is InChI=1S/C11H19N3/c1-3-12-8-9-4-5-10(9)11-6-7-13-14(11)2/h6-7,9-10,12H,3-5,8H2,1-2H3. The highest BCUT2D eigenvalue weighted by atomic mass is 15.3. The molecule has 0 spiro atoms. The van der Waals surface area contributed by atoms with Crippen LogP contribution in [0.15, 0.2) is 12.3 Å². The van der Waals surface area contributed by atoms with Gasteiger partial charge in [-0.2, -0.15) is 5.10 Å². The highest BCUT2D eigenvalue weighted by molar-refractivity contribution is 5.13. The molecular formula is C11H19N3. The second-order valence-corrected chi connectivity index (χ2v) is 4.13. The van der Waals surface area contributed by atoms with Crippen molar-refractivity contribution in [3.8, 4) is 0 Å². The van der Waals surface area contributed by atoms with E-state index in [1.807, 2.05) is 17.9 Å². The molecule has 2 atom stereocenters. The van der Waals surface area contributed by atoms with Crippen molar-refractivity contribution in [3.05, 3.63) is 18.0 Å². The number of aryl methyl sites for hydroxylation is 1. The molecule has 1 fully saturated rings. The van der Waals surface area contributed by atoms with Crippen LogP contribution in [0.5, 0.6) is 0 Å². The maximum atomic E-state index is 4.23. The van der Waals surface area contributed by atoms with E-state index in [0.29, 0.717) is 0 Å². The van der Waals surface area contributed by atoms with Crippen molar-refractivity contribution >= 4 is 0 Å². The van der Waals surface area contributed by atoms with Crippen molar-refractivity contribution in [1.29, 1.82) is 0 Å². The minimum Gasteiger partial charge on any atom is -0.317 e. The molecule has 0 aliphatic heterocycles. The highest BCUT2D eigenvalue weighted by Crippen LogP contribution is 2.41. The number of hydrogen-bond donors (Lipinski definition) is 1. The van der Waals surface area contributed by atoms with Crippen LogP contribution in [0.2, 0.25) is 0 Å². The lowest BCUT2D eigenvalue weighted by Gasteiger charge is -2.36. The zero-order chi connectivity index (χ0) is 9.97. The number of hydrogen-bond acceptors (Lipinski definition) is 2. The van der Waals surface area contributed by atoms with Gasteiger partial charge < -0.3 is 5.32 Å². The van der Waals surface area contributed by atoms with E-state index in [1.54, 1.807) is 0 Å². The molecule has 0 amide bonds. The third-order valence-corrected chi connectivity index (χ3v) is 3.31. The monoisotopic (exact) mass is 193 g/mol. The van der Waals surface area contributed by atoms with Crippen LogP contribution in [-0.4, -0.2) is 22.9 Å². The van der Waals surface area contributed by atoms with Gasteiger partial charge in [0.2, 0.25) is 0 Å². The van der Waals surface area contributed by atoms with Crippen molar-refractivity contribution in [2.75, 3.05) is 13.1 Å². The summed E-state index contributed by atoms with van der Waals surface area (Å²) in [6.07, 6.45) is 4.59. The molecule has 1 heterocycles. The third-order valence-electron chi connectivity index (χ3n) is 3.31. The van der Waals surface area contributed by atoms with E-state index in [-0.39, 0.29) is 0 Å². The molecule has 2 unspecified atom stereocenters. The third kappa shape index (κ3) is 1.69. The van der Waals surface area contributed by atoms with Crippen LogP contribution in [0.3, 0.4) is 0 Å². The molecular weight excluding hydrogens is 174 g/mol. The molecule has 1 aromatic rings. The fraction of sp³-hybridized carbons (Fsp3) is 0.727. The number of nitrogens with zero attached hydrogens (tertiary/aromatic N) is 2. The largest absolute Gasteiger partial charge is 0.317 e. The molecule has 14 heavy (non-hydrogen) atoms. The summed E-state index contributed by atoms with van der Waals surface area (Å²) in [6, 6.07) is 2.16. The Morgan fingerprint density at radius 2 is 2.43 bits per heavy atom. The van der Waals surface area contributed by atoms with E-state index >= 15 is 0 Å². The summed E-state index contributed by atoms with van der Waals surface area (Å²) in [6.45, 7) is 4.40. The summed E-state index contributed by atoms with van der Waals surface area (Å²) in [4.78, 5) is 0. The Kier molecular flexibility index (Phi) is 2.87. The number of aromatic nitrogens is 2. The van der Waals surface area contributed by atoms with E-state index in [0.717, 1.165) is 24.9 Å². The van der Waals surface area contributed by atoms with Crippen molar-refractivity contribution in [2.45, 2.75) is 25.7 Å². The van der Waals surface area contributed by atoms with E-state index in [2.05, 4.69) is 23.4 Å². The smallest absolute Gasteiger partial charge is 0.0492 e. The maximum absolute atomic E-state index is 4.23. The fourth-order valence-corrected chi connectivity index (χ4v) is 2.28. The quantitative estimate of drug-likeness (QED) is 0.785. The summed E-state index contributed by atoms with van der Waals surface area (Å²) in [5, 5.41) is 7.66. The van der Waals surface area contributed by atoms with Crippen LogP contribution >= 0.6 is 0 Å². The van der Waals surface area contributed by atoms with Crippen LogP contribution < -0.4 is 5.32 Å². The SMILES string of the molecule is CCNCC1CCC1c1ccnn1C. The Hall–Kier alpha value is -0.830. The molecule has 0 bridgehead atoms. The summed E-state index contributed by atoms with van der Waals surface area (Å²) in [5.41, 5.74) is 1.40. The Bertz CT molecular complexity index is 292. The van der Waals surface area contributed by atoms with Crippen molar-refractivity contribution < 1.29 is 0 Å². The summed E-state index contributed by atoms with van der Waals surface area (Å²) in [5.74, 6) is 1.56. The second-order valence-electron chi connectivity index (χ2n) is 4.13. The topological polar surface area (TPSA) is 29.9 Å². The van der Waals surface area contributed by atoms with Gasteiger partial charge in [0, 0.05) is 24.9 Å². The van der Waals surface area contributed by atoms with Gasteiger partial charge in [0.1, 0.15) is 0 Å². The van der Waals surface area contributed by atoms with Crippen molar-refractivity contribution in [2.24, 2.45) is 13.0 Å². The fourth-order valence-electron chi connectivity index (χ4n) is 2.28. The molecule has 1 N–H and O–H groups in total. The lowest BCUT2D eigenvalue weighted by atomic mass is 9.72. The summed E-state index contributed by atoms with van der Waals surface area (Å²) >= 11 is 0. The Morgan fingerprint density at radius 3 is 2.93 bits per heavy atom. The van der Waals surface area contributed by atoms with Gasteiger partial charge in [0.15, 0.2) is 0 Å². The summed E-state index contributed by atoms with van der Waals surface area (Å²) in [7, 11) is 2.04. The van der Waals surface area contributed by atoms with Gasteiger partial charge in [-0.05, 0) is 37.9 Å². The van der Waals surface area contributed by atoms with E-state index in [9.17, 15) is 0 Å². The first kappa shape index (κ1) is 9.71. The van der Waals surface area contributed by atoms with Gasteiger partial charge in [-0.15, -0.1) is 0 Å². The second kappa shape index (κ2) is 4.13. The van der Waals surface area contributed by atoms with Gasteiger partial charge >= 0.3 is 0 Å². The van der Waals surface area contributed by atoms with Gasteiger partial charge in [0.25, 0.3) is 0 Å². The molecule has 0 saturated heterocycles. The first-order valence-electron chi connectivity index (χ1n) is 5.51. The van der Waals surface area contributed by atoms with Crippen molar-refractivity contribution in [3.63, 3.8) is 0 Å². The van der Waals surface area contributed by atoms with E-state index in [1.165, 1.54) is 18.5 Å². The van der Waals surface area contributed by atoms with Gasteiger partial charge in [-0.1, -0.05) is 6.92 Å². The van der Waals surface area contributed by atoms with Crippen LogP contribution in [0.1, 0.15) is 31.4 Å². The minimum absolute atomic E-state index is 0.738. The average molecular weight is 193 g/mol. The van der Waals surface area contributed by atoms with E-state index in [4.69, 9.17) is 0 Å². The molecule has 2 rings (SSSR count). The zero-order valence-electron chi connectivity index (χ0n) is 9.03. The maximum Gasteiger partial charge on any atom is 0.0492 e. The molecule has 1 aliphatic rings. The Balaban J connectivity index is 1.96. The first-order valence-corrected chi connectivity index (χ1v) is 5.51. The lowest BCUT2D eigenvalue weighted by molar-refractivity contribution is 0.237. The Morgan fingerprint density at radius 1 is 1.57 bits per heavy atom. The van der Waals surface area contributed by atoms with Crippen LogP contribution in [0, 0.1) is 5.92 Å². The van der Waals surface area contributed by atoms with Crippen LogP contribution in [0.25, 0.3) is 0 Å². The molecule has 78 valence electrons. The Labute approximate surface area is 85.5 Å². The first-order chi connectivity index (χ1) is 6.83. The zero-order valence-corrected chi connectivity index (χ0v) is 9.03. The number of rotatable bonds is 4. The molecule has 3 nitrogen and oxygen atoms in total. The van der Waals surface area contributed by atoms with Crippen LogP contribution in [-0.2, 0) is 7.05 Å². The molecule has 3 heteroatoms. The van der Waals surface area contributed by atoms with Crippen LogP contribution in [0.4, 0.5) is 0 Å². The number of nitrogens with one attached hydrogen (secondary N) is 1. The van der Waals surface area contributed by atoms with Crippen molar-refractivity contribution in [1.82, 2.24) is 15.1 Å². The predicted octanol–water partition coefficient (Wildman–Crippen LogP) is 1.52. The lowest BCUT2D eigenvalue weighted by Crippen LogP contribution is -2.34. The normalized spacial score (nSPS) is 26.1. The summed E-state index contributed by atoms with van der Waals surface area (Å²) < 4.78 is 2.02. The molecule has 0 aromatic carbocycles. The van der Waals surface area contributed by atoms with Gasteiger partial charge in [-0.25, -0.2) is 0 Å². The molecule has 1 saturated carbocycles. The average Bonchev–Trinajstić information content (AvgIpc) is 2.51. The highest BCUT2D eigenvalue weighted by Gasteiger charge is 2.33. The molecule has 1 aromatic heterocycles. The van der Waals surface area contributed by atoms with Gasteiger partial charge in [-0.3, -0.25) is 4.68 Å². The minimum atomic E-state index is 0.738. The molecule has 0 radical (unpaired) electrons. The van der Waals surface area contributed by atoms with E-state index < -0.39 is 0 Å². The predicted molar refractivity (Wildman–Crippen MR) is 57.2 cm³/mol.